The van der Waals surface area contributed by atoms with Gasteiger partial charge in [0.25, 0.3) is 0 Å². The smallest absolute Gasteiger partial charge is 0.308 e. The van der Waals surface area contributed by atoms with Gasteiger partial charge in [0, 0.05) is 12.1 Å². The molecule has 1 aromatic carbocycles. The zero-order valence-electron chi connectivity index (χ0n) is 10.9. The minimum absolute atomic E-state index is 0.267. The van der Waals surface area contributed by atoms with E-state index in [1.807, 2.05) is 0 Å². The van der Waals surface area contributed by atoms with Crippen LogP contribution < -0.4 is 0 Å². The number of carboxylic acid groups (broad SMARTS) is 1. The first kappa shape index (κ1) is 14.4. The second kappa shape index (κ2) is 4.74. The third kappa shape index (κ3) is 2.13. The van der Waals surface area contributed by atoms with E-state index in [4.69, 9.17) is 5.11 Å². The molecule has 0 aliphatic carbocycles. The Bertz CT molecular complexity index is 706. The molecule has 3 unspecified atom stereocenters. The lowest BCUT2D eigenvalue weighted by atomic mass is 9.89. The maximum Gasteiger partial charge on any atom is 0.308 e. The molecule has 0 spiro atoms. The van der Waals surface area contributed by atoms with E-state index in [1.165, 1.54) is 4.31 Å². The average molecular weight is 317 g/mol. The Morgan fingerprint density at radius 3 is 2.52 bits per heavy atom. The summed E-state index contributed by atoms with van der Waals surface area (Å²) in [6.07, 6.45) is 1.34. The summed E-state index contributed by atoms with van der Waals surface area (Å²) < 4.78 is 52.5. The van der Waals surface area contributed by atoms with Crippen molar-refractivity contribution in [2.75, 3.05) is 0 Å². The number of carboxylic acids is 1. The number of hydrogen-bond donors (Lipinski definition) is 1. The fourth-order valence-corrected chi connectivity index (χ4v) is 5.27. The van der Waals surface area contributed by atoms with Gasteiger partial charge in [0.05, 0.1) is 10.8 Å². The van der Waals surface area contributed by atoms with Crippen LogP contribution in [0.4, 0.5) is 8.78 Å². The van der Waals surface area contributed by atoms with Crippen LogP contribution in [0.2, 0.25) is 0 Å². The van der Waals surface area contributed by atoms with Crippen molar-refractivity contribution in [2.45, 2.75) is 36.2 Å². The molecule has 2 bridgehead atoms. The Hall–Kier alpha value is -1.54. The number of fused-ring (bicyclic) bond motifs is 2. The molecule has 2 saturated heterocycles. The highest BCUT2D eigenvalue weighted by atomic mass is 32.2. The van der Waals surface area contributed by atoms with Crippen LogP contribution in [0.25, 0.3) is 0 Å². The zero-order chi connectivity index (χ0) is 15.4. The molecule has 0 amide bonds. The molecule has 2 fully saturated rings. The topological polar surface area (TPSA) is 74.7 Å². The van der Waals surface area contributed by atoms with Gasteiger partial charge in [-0.25, -0.2) is 17.2 Å². The van der Waals surface area contributed by atoms with Crippen molar-refractivity contribution in [3.05, 3.63) is 29.8 Å². The Morgan fingerprint density at radius 2 is 1.95 bits per heavy atom. The van der Waals surface area contributed by atoms with Gasteiger partial charge in [-0.15, -0.1) is 0 Å². The SMILES string of the molecule is O=C(O)C1CC2CCC1N2S(=O)(=O)c1ccc(F)c(F)c1. The molecule has 0 radical (unpaired) electrons. The molecule has 0 saturated carbocycles. The van der Waals surface area contributed by atoms with E-state index < -0.39 is 39.6 Å². The summed E-state index contributed by atoms with van der Waals surface area (Å²) in [7, 11) is -4.02. The minimum atomic E-state index is -4.02. The molecule has 2 aliphatic heterocycles. The van der Waals surface area contributed by atoms with E-state index in [-0.39, 0.29) is 17.4 Å². The van der Waals surface area contributed by atoms with Crippen LogP contribution in [0.5, 0.6) is 0 Å². The number of carbonyl (C=O) groups is 1. The molecule has 1 aromatic rings. The molecular weight excluding hydrogens is 304 g/mol. The number of aliphatic carboxylic acids is 1. The number of hydrogen-bond acceptors (Lipinski definition) is 3. The monoisotopic (exact) mass is 317 g/mol. The number of benzene rings is 1. The third-order valence-corrected chi connectivity index (χ3v) is 6.23. The van der Waals surface area contributed by atoms with Crippen molar-refractivity contribution in [3.8, 4) is 0 Å². The molecule has 5 nitrogen and oxygen atoms in total. The summed E-state index contributed by atoms with van der Waals surface area (Å²) in [6.45, 7) is 0. The molecule has 21 heavy (non-hydrogen) atoms. The summed E-state index contributed by atoms with van der Waals surface area (Å²) in [5.74, 6) is -4.12. The Balaban J connectivity index is 1.99. The average Bonchev–Trinajstić information content (AvgIpc) is 3.00. The van der Waals surface area contributed by atoms with Crippen LogP contribution in [0.3, 0.4) is 0 Å². The van der Waals surface area contributed by atoms with Crippen LogP contribution >= 0.6 is 0 Å². The molecule has 0 aromatic heterocycles. The predicted octanol–water partition coefficient (Wildman–Crippen LogP) is 1.59. The predicted molar refractivity (Wildman–Crippen MR) is 67.9 cm³/mol. The third-order valence-electron chi connectivity index (χ3n) is 4.26. The maximum absolute atomic E-state index is 13.3. The Morgan fingerprint density at radius 1 is 1.24 bits per heavy atom. The van der Waals surface area contributed by atoms with Crippen molar-refractivity contribution < 1.29 is 27.1 Å². The Kier molecular flexibility index (Phi) is 3.25. The van der Waals surface area contributed by atoms with Gasteiger partial charge in [-0.1, -0.05) is 0 Å². The normalized spacial score (nSPS) is 29.0. The van der Waals surface area contributed by atoms with Gasteiger partial charge in [0.2, 0.25) is 10.0 Å². The highest BCUT2D eigenvalue weighted by molar-refractivity contribution is 7.89. The molecule has 2 heterocycles. The van der Waals surface area contributed by atoms with E-state index in [9.17, 15) is 22.0 Å². The Labute approximate surface area is 120 Å². The van der Waals surface area contributed by atoms with Gasteiger partial charge >= 0.3 is 5.97 Å². The van der Waals surface area contributed by atoms with Crippen molar-refractivity contribution >= 4 is 16.0 Å². The van der Waals surface area contributed by atoms with Crippen molar-refractivity contribution in [2.24, 2.45) is 5.92 Å². The molecule has 3 atom stereocenters. The standard InChI is InChI=1S/C13H13F2NO4S/c14-10-3-2-8(6-11(10)15)21(19,20)16-7-1-4-12(16)9(5-7)13(17)18/h2-3,6-7,9,12H,1,4-5H2,(H,17,18). The fraction of sp³-hybridized carbons (Fsp3) is 0.462. The van der Waals surface area contributed by atoms with Crippen LogP contribution in [-0.4, -0.2) is 35.9 Å². The van der Waals surface area contributed by atoms with E-state index in [0.29, 0.717) is 18.9 Å². The summed E-state index contributed by atoms with van der Waals surface area (Å²) in [6, 6.07) is 1.41. The van der Waals surface area contributed by atoms with Crippen LogP contribution in [-0.2, 0) is 14.8 Å². The molecular formula is C13H13F2NO4S. The maximum atomic E-state index is 13.3. The first-order valence-corrected chi connectivity index (χ1v) is 7.98. The number of halogens is 2. The lowest BCUT2D eigenvalue weighted by Gasteiger charge is -2.22. The molecule has 2 aliphatic rings. The van der Waals surface area contributed by atoms with Crippen molar-refractivity contribution in [3.63, 3.8) is 0 Å². The van der Waals surface area contributed by atoms with Crippen LogP contribution in [0.1, 0.15) is 19.3 Å². The van der Waals surface area contributed by atoms with Gasteiger partial charge in [-0.05, 0) is 37.5 Å². The van der Waals surface area contributed by atoms with Crippen molar-refractivity contribution in [1.29, 1.82) is 0 Å². The van der Waals surface area contributed by atoms with Gasteiger partial charge in [-0.2, -0.15) is 4.31 Å². The first-order chi connectivity index (χ1) is 9.82. The quantitative estimate of drug-likeness (QED) is 0.919. The fourth-order valence-electron chi connectivity index (χ4n) is 3.34. The lowest BCUT2D eigenvalue weighted by Crippen LogP contribution is -2.37. The van der Waals surface area contributed by atoms with E-state index in [2.05, 4.69) is 0 Å². The second-order valence-electron chi connectivity index (χ2n) is 5.39. The second-order valence-corrected chi connectivity index (χ2v) is 7.23. The summed E-state index contributed by atoms with van der Waals surface area (Å²) in [5, 5.41) is 9.14. The minimum Gasteiger partial charge on any atom is -0.481 e. The molecule has 8 heteroatoms. The zero-order valence-corrected chi connectivity index (χ0v) is 11.7. The highest BCUT2D eigenvalue weighted by Gasteiger charge is 2.54. The number of nitrogens with zero attached hydrogens (tertiary/aromatic N) is 1. The summed E-state index contributed by atoms with van der Waals surface area (Å²) >= 11 is 0. The number of rotatable bonds is 3. The van der Waals surface area contributed by atoms with Gasteiger partial charge in [0.15, 0.2) is 11.6 Å². The molecule has 114 valence electrons. The molecule has 3 rings (SSSR count). The molecule has 1 N–H and O–H groups in total. The summed E-state index contributed by atoms with van der Waals surface area (Å²) in [4.78, 5) is 10.8. The van der Waals surface area contributed by atoms with Gasteiger partial charge < -0.3 is 5.11 Å². The van der Waals surface area contributed by atoms with Crippen LogP contribution in [0.15, 0.2) is 23.1 Å². The van der Waals surface area contributed by atoms with Gasteiger partial charge in [-0.3, -0.25) is 4.79 Å². The van der Waals surface area contributed by atoms with E-state index >= 15 is 0 Å². The van der Waals surface area contributed by atoms with Crippen molar-refractivity contribution in [1.82, 2.24) is 4.31 Å². The highest BCUT2D eigenvalue weighted by Crippen LogP contribution is 2.45. The lowest BCUT2D eigenvalue weighted by molar-refractivity contribution is -0.142. The number of sulfonamides is 1. The van der Waals surface area contributed by atoms with Crippen LogP contribution in [0, 0.1) is 17.6 Å². The van der Waals surface area contributed by atoms with E-state index in [0.717, 1.165) is 12.1 Å². The first-order valence-electron chi connectivity index (χ1n) is 6.54. The summed E-state index contributed by atoms with van der Waals surface area (Å²) in [5.41, 5.74) is 0. The van der Waals surface area contributed by atoms with E-state index in [1.54, 1.807) is 0 Å². The largest absolute Gasteiger partial charge is 0.481 e. The van der Waals surface area contributed by atoms with Gasteiger partial charge in [0.1, 0.15) is 0 Å².